The zero-order chi connectivity index (χ0) is 11.9. The van der Waals surface area contributed by atoms with Crippen molar-refractivity contribution in [1.29, 1.82) is 0 Å². The summed E-state index contributed by atoms with van der Waals surface area (Å²) in [5, 5.41) is 3.38. The summed E-state index contributed by atoms with van der Waals surface area (Å²) in [4.78, 5) is 0. The quantitative estimate of drug-likeness (QED) is 0.680. The molecule has 0 spiro atoms. The maximum absolute atomic E-state index is 5.91. The molecule has 3 nitrogen and oxygen atoms in total. The summed E-state index contributed by atoms with van der Waals surface area (Å²) >= 11 is 0. The summed E-state index contributed by atoms with van der Waals surface area (Å²) in [5.41, 5.74) is -0.0471. The van der Waals surface area contributed by atoms with Crippen LogP contribution < -0.4 is 5.32 Å². The number of hydrogen-bond acceptors (Lipinski definition) is 3. The summed E-state index contributed by atoms with van der Waals surface area (Å²) < 4.78 is 11.6. The summed E-state index contributed by atoms with van der Waals surface area (Å²) in [6, 6.07) is 0. The molecule has 0 aromatic carbocycles. The predicted octanol–water partition coefficient (Wildman–Crippen LogP) is 2.35. The molecule has 0 aromatic heterocycles. The molecule has 1 rings (SSSR count). The van der Waals surface area contributed by atoms with E-state index in [0.29, 0.717) is 0 Å². The molecule has 1 aliphatic heterocycles. The van der Waals surface area contributed by atoms with E-state index in [2.05, 4.69) is 26.1 Å². The van der Waals surface area contributed by atoms with Crippen LogP contribution in [0.25, 0.3) is 0 Å². The monoisotopic (exact) mass is 229 g/mol. The van der Waals surface area contributed by atoms with E-state index in [4.69, 9.17) is 9.47 Å². The molecule has 1 atom stereocenters. The van der Waals surface area contributed by atoms with Crippen LogP contribution in [0, 0.1) is 0 Å². The maximum atomic E-state index is 5.91. The van der Waals surface area contributed by atoms with Crippen LogP contribution in [0.3, 0.4) is 0 Å². The average molecular weight is 229 g/mol. The van der Waals surface area contributed by atoms with Crippen LogP contribution in [0.15, 0.2) is 0 Å². The summed E-state index contributed by atoms with van der Waals surface area (Å²) in [7, 11) is 0. The summed E-state index contributed by atoms with van der Waals surface area (Å²) in [5.74, 6) is 0. The zero-order valence-electron chi connectivity index (χ0n) is 11.1. The Morgan fingerprint density at radius 2 is 2.12 bits per heavy atom. The van der Waals surface area contributed by atoms with E-state index in [1.165, 1.54) is 25.7 Å². The highest BCUT2D eigenvalue weighted by Crippen LogP contribution is 2.15. The molecule has 1 heterocycles. The molecular formula is C13H27NO2. The lowest BCUT2D eigenvalue weighted by atomic mass is 10.1. The fourth-order valence-corrected chi connectivity index (χ4v) is 2.01. The Balaban J connectivity index is 2.00. The van der Waals surface area contributed by atoms with E-state index in [1.54, 1.807) is 0 Å². The molecule has 1 saturated heterocycles. The molecule has 1 aliphatic rings. The van der Waals surface area contributed by atoms with Crippen LogP contribution in [0.4, 0.5) is 0 Å². The third-order valence-corrected chi connectivity index (χ3v) is 2.85. The molecule has 1 N–H and O–H groups in total. The zero-order valence-corrected chi connectivity index (χ0v) is 11.1. The van der Waals surface area contributed by atoms with Crippen molar-refractivity contribution in [2.75, 3.05) is 26.3 Å². The van der Waals surface area contributed by atoms with Crippen LogP contribution >= 0.6 is 0 Å². The van der Waals surface area contributed by atoms with Gasteiger partial charge in [0.2, 0.25) is 0 Å². The molecule has 0 saturated carbocycles. The Hall–Kier alpha value is -0.120. The first-order valence-electron chi connectivity index (χ1n) is 6.60. The van der Waals surface area contributed by atoms with E-state index in [1.807, 2.05) is 0 Å². The van der Waals surface area contributed by atoms with Crippen LogP contribution in [-0.2, 0) is 9.47 Å². The fraction of sp³-hybridized carbons (Fsp3) is 1.00. The molecule has 0 bridgehead atoms. The molecule has 0 amide bonds. The van der Waals surface area contributed by atoms with E-state index in [0.717, 1.165) is 26.3 Å². The molecule has 1 fully saturated rings. The number of unbranched alkanes of at least 4 members (excludes halogenated alkanes) is 3. The molecule has 0 radical (unpaired) electrons. The smallest absolute Gasteiger partial charge is 0.0940 e. The molecule has 16 heavy (non-hydrogen) atoms. The van der Waals surface area contributed by atoms with Gasteiger partial charge in [0, 0.05) is 19.7 Å². The highest BCUT2D eigenvalue weighted by atomic mass is 16.5. The number of morpholine rings is 1. The first kappa shape index (κ1) is 13.9. The standard InChI is InChI=1S/C13H27NO2/c1-4-5-6-7-8-15-10-12-9-14-11-13(2,3)16-12/h12,14H,4-11H2,1-3H3. The van der Waals surface area contributed by atoms with Gasteiger partial charge in [-0.3, -0.25) is 0 Å². The van der Waals surface area contributed by atoms with E-state index >= 15 is 0 Å². The minimum absolute atomic E-state index is 0.0471. The van der Waals surface area contributed by atoms with Gasteiger partial charge in [0.1, 0.15) is 0 Å². The van der Waals surface area contributed by atoms with Crippen molar-refractivity contribution in [2.24, 2.45) is 0 Å². The van der Waals surface area contributed by atoms with Crippen LogP contribution in [0.2, 0.25) is 0 Å². The second kappa shape index (κ2) is 7.25. The highest BCUT2D eigenvalue weighted by Gasteiger charge is 2.28. The van der Waals surface area contributed by atoms with E-state index in [-0.39, 0.29) is 11.7 Å². The van der Waals surface area contributed by atoms with Crippen LogP contribution in [0.1, 0.15) is 46.5 Å². The number of rotatable bonds is 7. The first-order chi connectivity index (χ1) is 7.64. The minimum Gasteiger partial charge on any atom is -0.379 e. The minimum atomic E-state index is -0.0471. The Kier molecular flexibility index (Phi) is 6.32. The molecule has 1 unspecified atom stereocenters. The largest absolute Gasteiger partial charge is 0.379 e. The van der Waals surface area contributed by atoms with Crippen LogP contribution in [-0.4, -0.2) is 38.0 Å². The Morgan fingerprint density at radius 3 is 2.81 bits per heavy atom. The fourth-order valence-electron chi connectivity index (χ4n) is 2.01. The van der Waals surface area contributed by atoms with Gasteiger partial charge in [0.25, 0.3) is 0 Å². The van der Waals surface area contributed by atoms with Gasteiger partial charge < -0.3 is 14.8 Å². The molecular weight excluding hydrogens is 202 g/mol. The van der Waals surface area contributed by atoms with Crippen molar-refractivity contribution in [2.45, 2.75) is 58.2 Å². The van der Waals surface area contributed by atoms with Gasteiger partial charge in [0.15, 0.2) is 0 Å². The number of ether oxygens (including phenoxy) is 2. The topological polar surface area (TPSA) is 30.5 Å². The number of hydrogen-bond donors (Lipinski definition) is 1. The first-order valence-corrected chi connectivity index (χ1v) is 6.60. The van der Waals surface area contributed by atoms with Crippen molar-refractivity contribution in [3.8, 4) is 0 Å². The SMILES string of the molecule is CCCCCCOCC1CNCC(C)(C)O1. The molecule has 96 valence electrons. The van der Waals surface area contributed by atoms with Crippen molar-refractivity contribution in [3.05, 3.63) is 0 Å². The summed E-state index contributed by atoms with van der Waals surface area (Å²) in [6.45, 7) is 9.91. The predicted molar refractivity (Wildman–Crippen MR) is 66.8 cm³/mol. The average Bonchev–Trinajstić information content (AvgIpc) is 2.22. The molecule has 3 heteroatoms. The van der Waals surface area contributed by atoms with Crippen molar-refractivity contribution in [1.82, 2.24) is 5.32 Å². The van der Waals surface area contributed by atoms with Gasteiger partial charge >= 0.3 is 0 Å². The van der Waals surface area contributed by atoms with Gasteiger partial charge in [0.05, 0.1) is 18.3 Å². The van der Waals surface area contributed by atoms with Gasteiger partial charge in [-0.2, -0.15) is 0 Å². The van der Waals surface area contributed by atoms with Crippen molar-refractivity contribution < 1.29 is 9.47 Å². The second-order valence-electron chi connectivity index (χ2n) is 5.27. The molecule has 0 aliphatic carbocycles. The third-order valence-electron chi connectivity index (χ3n) is 2.85. The normalized spacial score (nSPS) is 24.6. The Morgan fingerprint density at radius 1 is 1.31 bits per heavy atom. The van der Waals surface area contributed by atoms with Gasteiger partial charge in [-0.25, -0.2) is 0 Å². The maximum Gasteiger partial charge on any atom is 0.0940 e. The Labute approximate surface area is 99.9 Å². The van der Waals surface area contributed by atoms with Crippen molar-refractivity contribution >= 4 is 0 Å². The summed E-state index contributed by atoms with van der Waals surface area (Å²) in [6.07, 6.45) is 5.28. The lowest BCUT2D eigenvalue weighted by Gasteiger charge is -2.36. The van der Waals surface area contributed by atoms with Crippen LogP contribution in [0.5, 0.6) is 0 Å². The Bertz CT molecular complexity index is 183. The van der Waals surface area contributed by atoms with E-state index < -0.39 is 0 Å². The third kappa shape index (κ3) is 5.83. The van der Waals surface area contributed by atoms with E-state index in [9.17, 15) is 0 Å². The van der Waals surface area contributed by atoms with Gasteiger partial charge in [-0.1, -0.05) is 26.2 Å². The molecule has 0 aromatic rings. The lowest BCUT2D eigenvalue weighted by Crippen LogP contribution is -2.51. The van der Waals surface area contributed by atoms with Gasteiger partial charge in [-0.15, -0.1) is 0 Å². The number of nitrogens with one attached hydrogen (secondary N) is 1. The van der Waals surface area contributed by atoms with Gasteiger partial charge in [-0.05, 0) is 20.3 Å². The second-order valence-corrected chi connectivity index (χ2v) is 5.27. The highest BCUT2D eigenvalue weighted by molar-refractivity contribution is 4.81. The lowest BCUT2D eigenvalue weighted by molar-refractivity contribution is -0.120. The van der Waals surface area contributed by atoms with Crippen molar-refractivity contribution in [3.63, 3.8) is 0 Å².